The maximum atomic E-state index is 12.1. The number of nitrogens with one attached hydrogen (secondary N) is 2. The molecule has 1 aromatic heterocycles. The van der Waals surface area contributed by atoms with Crippen molar-refractivity contribution in [2.45, 2.75) is 6.54 Å². The number of ether oxygens (including phenoxy) is 1. The molecule has 0 spiro atoms. The number of hydrogen-bond donors (Lipinski definition) is 2. The van der Waals surface area contributed by atoms with E-state index in [1.165, 1.54) is 12.0 Å². The lowest BCUT2D eigenvalue weighted by atomic mass is 10.2. The van der Waals surface area contributed by atoms with Crippen LogP contribution in [0, 0.1) is 0 Å². The van der Waals surface area contributed by atoms with E-state index < -0.39 is 5.97 Å². The Kier molecular flexibility index (Phi) is 5.68. The summed E-state index contributed by atoms with van der Waals surface area (Å²) in [5.41, 5.74) is 0.831. The molecule has 1 aromatic carbocycles. The van der Waals surface area contributed by atoms with Crippen LogP contribution in [0.3, 0.4) is 0 Å². The quantitative estimate of drug-likeness (QED) is 0.786. The maximum absolute atomic E-state index is 12.1. The Balaban J connectivity index is 1.96. The SMILES string of the molecule is COC(=O)c1ccccc1NC(=O)C[NH+](C)Cc1cccs1. The molecule has 0 radical (unpaired) electrons. The van der Waals surface area contributed by atoms with Gasteiger partial charge in [0.2, 0.25) is 0 Å². The summed E-state index contributed by atoms with van der Waals surface area (Å²) in [5.74, 6) is -0.597. The molecule has 1 heterocycles. The lowest BCUT2D eigenvalue weighted by molar-refractivity contribution is -0.884. The van der Waals surface area contributed by atoms with Crippen LogP contribution in [0.1, 0.15) is 15.2 Å². The fraction of sp³-hybridized carbons (Fsp3) is 0.250. The lowest BCUT2D eigenvalue weighted by Crippen LogP contribution is -3.08. The van der Waals surface area contributed by atoms with Crippen molar-refractivity contribution in [3.8, 4) is 0 Å². The van der Waals surface area contributed by atoms with Crippen molar-refractivity contribution in [2.75, 3.05) is 26.0 Å². The Morgan fingerprint density at radius 2 is 2.00 bits per heavy atom. The van der Waals surface area contributed by atoms with Crippen LogP contribution in [0.5, 0.6) is 0 Å². The minimum Gasteiger partial charge on any atom is -0.465 e. The van der Waals surface area contributed by atoms with Gasteiger partial charge in [0.15, 0.2) is 6.54 Å². The second-order valence-corrected chi connectivity index (χ2v) is 6.01. The molecular formula is C16H19N2O3S+. The molecule has 1 amide bonds. The number of hydrogen-bond acceptors (Lipinski definition) is 4. The second-order valence-electron chi connectivity index (χ2n) is 4.98. The molecule has 0 fully saturated rings. The zero-order valence-corrected chi connectivity index (χ0v) is 13.4. The predicted molar refractivity (Wildman–Crippen MR) is 86.2 cm³/mol. The Morgan fingerprint density at radius 1 is 1.23 bits per heavy atom. The standard InChI is InChI=1S/C16H18N2O3S/c1-18(10-12-6-5-9-22-12)11-15(19)17-14-8-4-3-7-13(14)16(20)21-2/h3-9H,10-11H2,1-2H3,(H,17,19)/p+1. The number of carbonyl (C=O) groups is 2. The van der Waals surface area contributed by atoms with Gasteiger partial charge in [0.1, 0.15) is 6.54 Å². The Labute approximate surface area is 133 Å². The molecule has 22 heavy (non-hydrogen) atoms. The van der Waals surface area contributed by atoms with Crippen LogP contribution in [0.4, 0.5) is 5.69 Å². The molecule has 2 rings (SSSR count). The second kappa shape index (κ2) is 7.72. The van der Waals surface area contributed by atoms with Crippen molar-refractivity contribution in [1.82, 2.24) is 0 Å². The highest BCUT2D eigenvalue weighted by atomic mass is 32.1. The van der Waals surface area contributed by atoms with Crippen LogP contribution >= 0.6 is 11.3 Å². The summed E-state index contributed by atoms with van der Waals surface area (Å²) in [5, 5.41) is 4.80. The summed E-state index contributed by atoms with van der Waals surface area (Å²) in [6.07, 6.45) is 0. The van der Waals surface area contributed by atoms with Crippen molar-refractivity contribution in [3.63, 3.8) is 0 Å². The van der Waals surface area contributed by atoms with Gasteiger partial charge in [-0.25, -0.2) is 4.79 Å². The van der Waals surface area contributed by atoms with Gasteiger partial charge in [-0.3, -0.25) is 4.79 Å². The van der Waals surface area contributed by atoms with E-state index in [9.17, 15) is 9.59 Å². The molecular weight excluding hydrogens is 300 g/mol. The third kappa shape index (κ3) is 4.41. The van der Waals surface area contributed by atoms with E-state index in [1.807, 2.05) is 18.5 Å². The first-order chi connectivity index (χ1) is 10.6. The minimum absolute atomic E-state index is 0.134. The van der Waals surface area contributed by atoms with Gasteiger partial charge in [0.05, 0.1) is 30.3 Å². The van der Waals surface area contributed by atoms with Gasteiger partial charge in [-0.15, -0.1) is 11.3 Å². The summed E-state index contributed by atoms with van der Waals surface area (Å²) in [6, 6.07) is 10.9. The van der Waals surface area contributed by atoms with Crippen LogP contribution in [-0.4, -0.2) is 32.6 Å². The number of amides is 1. The molecule has 2 aromatic rings. The molecule has 2 N–H and O–H groups in total. The van der Waals surface area contributed by atoms with Crippen molar-refractivity contribution < 1.29 is 19.2 Å². The fourth-order valence-electron chi connectivity index (χ4n) is 2.12. The molecule has 0 aliphatic carbocycles. The van der Waals surface area contributed by atoms with E-state index in [0.29, 0.717) is 17.8 Å². The molecule has 116 valence electrons. The van der Waals surface area contributed by atoms with Crippen molar-refractivity contribution in [2.24, 2.45) is 0 Å². The van der Waals surface area contributed by atoms with Gasteiger partial charge >= 0.3 is 5.97 Å². The van der Waals surface area contributed by atoms with E-state index >= 15 is 0 Å². The third-order valence-corrected chi connectivity index (χ3v) is 4.00. The minimum atomic E-state index is -0.463. The highest BCUT2D eigenvalue weighted by Gasteiger charge is 2.16. The first-order valence-corrected chi connectivity index (χ1v) is 7.79. The first kappa shape index (κ1) is 16.2. The number of carbonyl (C=O) groups excluding carboxylic acids is 2. The fourth-order valence-corrected chi connectivity index (χ4v) is 2.94. The maximum Gasteiger partial charge on any atom is 0.339 e. The van der Waals surface area contributed by atoms with Gasteiger partial charge in [0.25, 0.3) is 5.91 Å². The molecule has 5 nitrogen and oxygen atoms in total. The Morgan fingerprint density at radius 3 is 2.68 bits per heavy atom. The summed E-state index contributed by atoms with van der Waals surface area (Å²) in [4.78, 5) is 26.1. The normalized spacial score (nSPS) is 11.7. The molecule has 0 saturated heterocycles. The number of methoxy groups -OCH3 is 1. The topological polar surface area (TPSA) is 59.8 Å². The highest BCUT2D eigenvalue weighted by Crippen LogP contribution is 2.15. The Bertz CT molecular complexity index is 641. The summed E-state index contributed by atoms with van der Waals surface area (Å²) >= 11 is 1.68. The molecule has 0 aliphatic rings. The average molecular weight is 319 g/mol. The van der Waals surface area contributed by atoms with Gasteiger partial charge < -0.3 is 15.0 Å². The lowest BCUT2D eigenvalue weighted by Gasteiger charge is -2.14. The third-order valence-electron chi connectivity index (χ3n) is 3.12. The van der Waals surface area contributed by atoms with Gasteiger partial charge in [-0.05, 0) is 23.6 Å². The smallest absolute Gasteiger partial charge is 0.339 e. The average Bonchev–Trinajstić information content (AvgIpc) is 2.99. The summed E-state index contributed by atoms with van der Waals surface area (Å²) in [6.45, 7) is 1.12. The predicted octanol–water partition coefficient (Wildman–Crippen LogP) is 1.19. The zero-order chi connectivity index (χ0) is 15.9. The van der Waals surface area contributed by atoms with Crippen LogP contribution in [0.25, 0.3) is 0 Å². The van der Waals surface area contributed by atoms with Crippen LogP contribution in [-0.2, 0) is 16.1 Å². The van der Waals surface area contributed by atoms with Gasteiger partial charge in [0, 0.05) is 0 Å². The van der Waals surface area contributed by atoms with Crippen LogP contribution < -0.4 is 10.2 Å². The summed E-state index contributed by atoms with van der Waals surface area (Å²) in [7, 11) is 3.28. The molecule has 0 bridgehead atoms. The van der Waals surface area contributed by atoms with Gasteiger partial charge in [-0.1, -0.05) is 18.2 Å². The number of quaternary nitrogens is 1. The monoisotopic (exact) mass is 319 g/mol. The van der Waals surface area contributed by atoms with Crippen LogP contribution in [0.15, 0.2) is 41.8 Å². The van der Waals surface area contributed by atoms with E-state index in [4.69, 9.17) is 4.74 Å². The number of likely N-dealkylation sites (N-methyl/N-ethyl adjacent to an activating group) is 1. The number of para-hydroxylation sites is 1. The van der Waals surface area contributed by atoms with Crippen molar-refractivity contribution >= 4 is 28.9 Å². The highest BCUT2D eigenvalue weighted by molar-refractivity contribution is 7.09. The number of anilines is 1. The molecule has 6 heteroatoms. The van der Waals surface area contributed by atoms with Crippen LogP contribution in [0.2, 0.25) is 0 Å². The molecule has 0 saturated carbocycles. The van der Waals surface area contributed by atoms with Crippen molar-refractivity contribution in [3.05, 3.63) is 52.2 Å². The molecule has 0 aliphatic heterocycles. The van der Waals surface area contributed by atoms with Crippen molar-refractivity contribution in [1.29, 1.82) is 0 Å². The van der Waals surface area contributed by atoms with E-state index in [2.05, 4.69) is 11.4 Å². The van der Waals surface area contributed by atoms with E-state index in [1.54, 1.807) is 35.6 Å². The zero-order valence-electron chi connectivity index (χ0n) is 12.6. The number of esters is 1. The largest absolute Gasteiger partial charge is 0.465 e. The van der Waals surface area contributed by atoms with E-state index in [0.717, 1.165) is 11.4 Å². The van der Waals surface area contributed by atoms with E-state index in [-0.39, 0.29) is 5.91 Å². The number of rotatable bonds is 6. The number of benzene rings is 1. The number of thiophene rings is 1. The molecule has 1 unspecified atom stereocenters. The van der Waals surface area contributed by atoms with Gasteiger partial charge in [-0.2, -0.15) is 0 Å². The summed E-state index contributed by atoms with van der Waals surface area (Å²) < 4.78 is 4.72. The first-order valence-electron chi connectivity index (χ1n) is 6.91. The Hall–Kier alpha value is -2.18. The molecule has 1 atom stereocenters.